The SMILES string of the molecule is CC(C)c1cc(C(=O)NCC2CCC(c3nnc(-c4cnccn4)o3)CC2)on1. The van der Waals surface area contributed by atoms with Crippen LogP contribution in [0.15, 0.2) is 33.6 Å². The fraction of sp³-hybridized carbons (Fsp3) is 0.500. The van der Waals surface area contributed by atoms with Gasteiger partial charge in [0, 0.05) is 30.9 Å². The number of hydrogen-bond acceptors (Lipinski definition) is 8. The van der Waals surface area contributed by atoms with E-state index in [4.69, 9.17) is 8.94 Å². The summed E-state index contributed by atoms with van der Waals surface area (Å²) in [6.45, 7) is 4.65. The molecule has 29 heavy (non-hydrogen) atoms. The Morgan fingerprint density at radius 3 is 2.72 bits per heavy atom. The minimum atomic E-state index is -0.211. The number of rotatable bonds is 6. The zero-order valence-electron chi connectivity index (χ0n) is 16.5. The molecular weight excluding hydrogens is 372 g/mol. The Balaban J connectivity index is 1.26. The van der Waals surface area contributed by atoms with Crippen LogP contribution in [0.2, 0.25) is 0 Å². The summed E-state index contributed by atoms with van der Waals surface area (Å²) in [5.74, 6) is 2.00. The number of aromatic nitrogens is 5. The lowest BCUT2D eigenvalue weighted by Gasteiger charge is -2.26. The first-order valence-electron chi connectivity index (χ1n) is 9.94. The third-order valence-corrected chi connectivity index (χ3v) is 5.31. The van der Waals surface area contributed by atoms with Gasteiger partial charge in [0.2, 0.25) is 11.7 Å². The van der Waals surface area contributed by atoms with Crippen LogP contribution in [0, 0.1) is 5.92 Å². The largest absolute Gasteiger partial charge is 0.419 e. The lowest BCUT2D eigenvalue weighted by molar-refractivity contribution is 0.0905. The lowest BCUT2D eigenvalue weighted by Crippen LogP contribution is -2.30. The first-order valence-corrected chi connectivity index (χ1v) is 9.94. The second kappa shape index (κ2) is 8.50. The van der Waals surface area contributed by atoms with Crippen molar-refractivity contribution in [3.63, 3.8) is 0 Å². The summed E-state index contributed by atoms with van der Waals surface area (Å²) >= 11 is 0. The van der Waals surface area contributed by atoms with Crippen molar-refractivity contribution in [3.8, 4) is 11.6 Å². The van der Waals surface area contributed by atoms with Gasteiger partial charge in [-0.2, -0.15) is 0 Å². The molecule has 1 amide bonds. The van der Waals surface area contributed by atoms with E-state index < -0.39 is 0 Å². The van der Waals surface area contributed by atoms with Gasteiger partial charge in [-0.3, -0.25) is 9.78 Å². The van der Waals surface area contributed by atoms with Crippen LogP contribution in [0.4, 0.5) is 0 Å². The Morgan fingerprint density at radius 1 is 1.21 bits per heavy atom. The highest BCUT2D eigenvalue weighted by atomic mass is 16.5. The van der Waals surface area contributed by atoms with E-state index in [0.717, 1.165) is 31.4 Å². The smallest absolute Gasteiger partial charge is 0.289 e. The lowest BCUT2D eigenvalue weighted by atomic mass is 9.82. The molecule has 0 radical (unpaired) electrons. The molecule has 0 unspecified atom stereocenters. The molecule has 3 aromatic heterocycles. The number of carbonyl (C=O) groups is 1. The van der Waals surface area contributed by atoms with Crippen LogP contribution in [-0.2, 0) is 0 Å². The van der Waals surface area contributed by atoms with Crippen molar-refractivity contribution < 1.29 is 13.7 Å². The number of hydrogen-bond donors (Lipinski definition) is 1. The van der Waals surface area contributed by atoms with Crippen LogP contribution in [0.1, 0.15) is 73.5 Å². The monoisotopic (exact) mass is 396 g/mol. The summed E-state index contributed by atoms with van der Waals surface area (Å²) in [5.41, 5.74) is 1.37. The number of nitrogens with zero attached hydrogens (tertiary/aromatic N) is 5. The molecule has 9 nitrogen and oxygen atoms in total. The van der Waals surface area contributed by atoms with Crippen LogP contribution in [0.5, 0.6) is 0 Å². The van der Waals surface area contributed by atoms with Crippen molar-refractivity contribution in [2.75, 3.05) is 6.54 Å². The Hall–Kier alpha value is -3.10. The minimum Gasteiger partial charge on any atom is -0.419 e. The molecule has 0 bridgehead atoms. The van der Waals surface area contributed by atoms with Crippen molar-refractivity contribution >= 4 is 5.91 Å². The molecule has 1 saturated carbocycles. The molecule has 0 saturated heterocycles. The second-order valence-electron chi connectivity index (χ2n) is 7.73. The third kappa shape index (κ3) is 4.49. The van der Waals surface area contributed by atoms with E-state index >= 15 is 0 Å². The summed E-state index contributed by atoms with van der Waals surface area (Å²) in [6.07, 6.45) is 8.68. The summed E-state index contributed by atoms with van der Waals surface area (Å²) in [5, 5.41) is 15.2. The molecule has 0 atom stereocenters. The first kappa shape index (κ1) is 19.2. The Morgan fingerprint density at radius 2 is 2.03 bits per heavy atom. The molecule has 3 heterocycles. The molecule has 4 rings (SSSR count). The molecule has 0 aromatic carbocycles. The van der Waals surface area contributed by atoms with Gasteiger partial charge in [0.1, 0.15) is 5.69 Å². The van der Waals surface area contributed by atoms with Crippen molar-refractivity contribution in [1.82, 2.24) is 30.6 Å². The molecule has 1 aliphatic carbocycles. The summed E-state index contributed by atoms with van der Waals surface area (Å²) in [7, 11) is 0. The van der Waals surface area contributed by atoms with E-state index in [0.29, 0.717) is 29.9 Å². The van der Waals surface area contributed by atoms with Gasteiger partial charge in [0.15, 0.2) is 0 Å². The molecule has 0 aliphatic heterocycles. The highest BCUT2D eigenvalue weighted by Crippen LogP contribution is 2.35. The first-order chi connectivity index (χ1) is 14.1. The van der Waals surface area contributed by atoms with E-state index in [2.05, 4.69) is 30.6 Å². The van der Waals surface area contributed by atoms with E-state index in [9.17, 15) is 4.79 Å². The Labute approximate surface area is 168 Å². The topological polar surface area (TPSA) is 120 Å². The predicted molar refractivity (Wildman–Crippen MR) is 103 cm³/mol. The predicted octanol–water partition coefficient (Wildman–Crippen LogP) is 3.34. The Kier molecular flexibility index (Phi) is 5.64. The maximum absolute atomic E-state index is 12.3. The van der Waals surface area contributed by atoms with Gasteiger partial charge >= 0.3 is 0 Å². The maximum Gasteiger partial charge on any atom is 0.289 e. The van der Waals surface area contributed by atoms with E-state index in [1.54, 1.807) is 24.7 Å². The fourth-order valence-corrected chi connectivity index (χ4v) is 3.52. The van der Waals surface area contributed by atoms with Crippen molar-refractivity contribution in [1.29, 1.82) is 0 Å². The van der Waals surface area contributed by atoms with Gasteiger partial charge in [-0.05, 0) is 37.5 Å². The number of carbonyl (C=O) groups excluding carboxylic acids is 1. The van der Waals surface area contributed by atoms with Gasteiger partial charge in [0.05, 0.1) is 11.9 Å². The van der Waals surface area contributed by atoms with E-state index in [1.165, 1.54) is 0 Å². The van der Waals surface area contributed by atoms with Crippen molar-refractivity contribution in [2.45, 2.75) is 51.4 Å². The zero-order chi connectivity index (χ0) is 20.2. The molecule has 1 fully saturated rings. The fourth-order valence-electron chi connectivity index (χ4n) is 3.52. The molecule has 9 heteroatoms. The van der Waals surface area contributed by atoms with Gasteiger partial charge in [-0.25, -0.2) is 4.98 Å². The van der Waals surface area contributed by atoms with Crippen LogP contribution >= 0.6 is 0 Å². The van der Waals surface area contributed by atoms with Crippen LogP contribution in [0.25, 0.3) is 11.6 Å². The van der Waals surface area contributed by atoms with Gasteiger partial charge < -0.3 is 14.3 Å². The van der Waals surface area contributed by atoms with E-state index in [-0.39, 0.29) is 23.5 Å². The molecule has 1 aliphatic rings. The van der Waals surface area contributed by atoms with Crippen LogP contribution in [0.3, 0.4) is 0 Å². The van der Waals surface area contributed by atoms with Gasteiger partial charge in [0.25, 0.3) is 11.8 Å². The van der Waals surface area contributed by atoms with Crippen molar-refractivity contribution in [2.24, 2.45) is 5.92 Å². The maximum atomic E-state index is 12.3. The van der Waals surface area contributed by atoms with Crippen molar-refractivity contribution in [3.05, 3.63) is 42.0 Å². The highest BCUT2D eigenvalue weighted by Gasteiger charge is 2.27. The Bertz CT molecular complexity index is 944. The summed E-state index contributed by atoms with van der Waals surface area (Å²) in [4.78, 5) is 20.5. The quantitative estimate of drug-likeness (QED) is 0.673. The molecule has 0 spiro atoms. The molecule has 152 valence electrons. The number of amides is 1. The second-order valence-corrected chi connectivity index (χ2v) is 7.73. The standard InChI is InChI=1S/C20H24N6O3/c1-12(2)15-9-17(29-26-15)18(27)23-10-13-3-5-14(6-4-13)19-24-25-20(28-19)16-11-21-7-8-22-16/h7-9,11-14H,3-6,10H2,1-2H3,(H,23,27). The molecule has 1 N–H and O–H groups in total. The summed E-state index contributed by atoms with van der Waals surface area (Å²) < 4.78 is 11.0. The summed E-state index contributed by atoms with van der Waals surface area (Å²) in [6, 6.07) is 1.71. The molecule has 3 aromatic rings. The third-order valence-electron chi connectivity index (χ3n) is 5.31. The normalized spacial score (nSPS) is 19.4. The van der Waals surface area contributed by atoms with Gasteiger partial charge in [-0.15, -0.1) is 10.2 Å². The number of nitrogens with one attached hydrogen (secondary N) is 1. The minimum absolute atomic E-state index is 0.211. The zero-order valence-corrected chi connectivity index (χ0v) is 16.5. The highest BCUT2D eigenvalue weighted by molar-refractivity contribution is 5.91. The molecular formula is C20H24N6O3. The van der Waals surface area contributed by atoms with Crippen LogP contribution < -0.4 is 5.32 Å². The average Bonchev–Trinajstić information content (AvgIpc) is 3.43. The van der Waals surface area contributed by atoms with E-state index in [1.807, 2.05) is 13.8 Å². The van der Waals surface area contributed by atoms with Gasteiger partial charge in [-0.1, -0.05) is 19.0 Å². The average molecular weight is 396 g/mol. The van der Waals surface area contributed by atoms with Crippen LogP contribution in [-0.4, -0.2) is 37.8 Å².